The maximum Gasteiger partial charge on any atom is 0.254 e. The van der Waals surface area contributed by atoms with Crippen molar-refractivity contribution in [3.63, 3.8) is 0 Å². The van der Waals surface area contributed by atoms with Crippen molar-refractivity contribution in [1.82, 2.24) is 19.4 Å². The highest BCUT2D eigenvalue weighted by molar-refractivity contribution is 6.09. The Labute approximate surface area is 196 Å². The molecule has 3 heterocycles. The van der Waals surface area contributed by atoms with E-state index < -0.39 is 0 Å². The van der Waals surface area contributed by atoms with Gasteiger partial charge in [-0.1, -0.05) is 24.8 Å². The van der Waals surface area contributed by atoms with Crippen molar-refractivity contribution >= 4 is 34.4 Å². The zero-order valence-corrected chi connectivity index (χ0v) is 19.2. The number of hydrogen-bond donors (Lipinski definition) is 2. The topological polar surface area (TPSA) is 106 Å². The van der Waals surface area contributed by atoms with Gasteiger partial charge < -0.3 is 20.5 Å². The minimum absolute atomic E-state index is 0.0231. The molecule has 0 spiro atoms. The van der Waals surface area contributed by atoms with E-state index in [0.717, 1.165) is 38.9 Å². The minimum atomic E-state index is -0.223. The Morgan fingerprint density at radius 3 is 2.50 bits per heavy atom. The molecule has 1 aliphatic rings. The number of anilines is 2. The van der Waals surface area contributed by atoms with Gasteiger partial charge in [0.1, 0.15) is 17.8 Å². The molecule has 0 unspecified atom stereocenters. The highest BCUT2D eigenvalue weighted by atomic mass is 16.2. The van der Waals surface area contributed by atoms with Crippen LogP contribution in [0.3, 0.4) is 0 Å². The molecule has 170 valence electrons. The van der Waals surface area contributed by atoms with E-state index >= 15 is 0 Å². The molecule has 0 fully saturated rings. The first-order valence-electron chi connectivity index (χ1n) is 10.8. The van der Waals surface area contributed by atoms with Gasteiger partial charge in [-0.25, -0.2) is 9.97 Å². The van der Waals surface area contributed by atoms with Gasteiger partial charge in [0.2, 0.25) is 0 Å². The first-order valence-corrected chi connectivity index (χ1v) is 10.8. The van der Waals surface area contributed by atoms with Crippen molar-refractivity contribution in [3.8, 4) is 22.4 Å². The smallest absolute Gasteiger partial charge is 0.254 e. The van der Waals surface area contributed by atoms with Crippen LogP contribution in [-0.2, 0) is 18.4 Å². The number of carbonyl (C=O) groups is 2. The number of benzene rings is 2. The van der Waals surface area contributed by atoms with E-state index in [0.29, 0.717) is 29.3 Å². The number of nitrogens with zero attached hydrogens (tertiary/aromatic N) is 4. The third-order valence-electron chi connectivity index (χ3n) is 6.18. The summed E-state index contributed by atoms with van der Waals surface area (Å²) in [5, 5.41) is 3.59. The van der Waals surface area contributed by atoms with Crippen LogP contribution in [0.5, 0.6) is 0 Å². The second kappa shape index (κ2) is 7.84. The van der Waals surface area contributed by atoms with Crippen LogP contribution >= 0.6 is 0 Å². The Hall–Kier alpha value is -4.46. The second-order valence-corrected chi connectivity index (χ2v) is 8.59. The Kier molecular flexibility index (Phi) is 4.93. The SMILES string of the molecule is C=C(C)C(=O)Nc1ccc(-c2c(-c3ccc4c(c3)CN(C)C4=O)c3c(N)ncnc3n2C)cc1. The number of amides is 2. The number of aryl methyl sites for hydroxylation is 1. The predicted molar refractivity (Wildman–Crippen MR) is 133 cm³/mol. The van der Waals surface area contributed by atoms with E-state index in [2.05, 4.69) is 21.9 Å². The predicted octanol–water partition coefficient (Wildman–Crippen LogP) is 3.98. The molecule has 3 N–H and O–H groups in total. The molecule has 0 aliphatic carbocycles. The zero-order chi connectivity index (χ0) is 24.1. The first kappa shape index (κ1) is 21.4. The molecule has 2 amide bonds. The number of carbonyl (C=O) groups excluding carboxylic acids is 2. The van der Waals surface area contributed by atoms with Crippen molar-refractivity contribution in [2.24, 2.45) is 7.05 Å². The van der Waals surface area contributed by atoms with E-state index in [4.69, 9.17) is 5.73 Å². The molecule has 5 rings (SSSR count). The van der Waals surface area contributed by atoms with Crippen LogP contribution in [0.1, 0.15) is 22.8 Å². The molecule has 34 heavy (non-hydrogen) atoms. The van der Waals surface area contributed by atoms with Crippen molar-refractivity contribution < 1.29 is 9.59 Å². The number of fused-ring (bicyclic) bond motifs is 2. The molecule has 2 aromatic carbocycles. The van der Waals surface area contributed by atoms with Gasteiger partial charge in [0.25, 0.3) is 11.8 Å². The lowest BCUT2D eigenvalue weighted by Crippen LogP contribution is -2.17. The maximum atomic E-state index is 12.4. The van der Waals surface area contributed by atoms with Gasteiger partial charge in [-0.05, 0) is 47.9 Å². The van der Waals surface area contributed by atoms with Crippen LogP contribution in [0.15, 0.2) is 60.9 Å². The number of rotatable bonds is 4. The molecular weight excluding hydrogens is 428 g/mol. The first-order chi connectivity index (χ1) is 16.3. The summed E-state index contributed by atoms with van der Waals surface area (Å²) in [7, 11) is 3.74. The van der Waals surface area contributed by atoms with Crippen molar-refractivity contribution in [2.75, 3.05) is 18.1 Å². The van der Waals surface area contributed by atoms with Gasteiger partial charge in [-0.2, -0.15) is 0 Å². The third-order valence-corrected chi connectivity index (χ3v) is 6.18. The number of aromatic nitrogens is 3. The fourth-order valence-electron chi connectivity index (χ4n) is 4.47. The Morgan fingerprint density at radius 1 is 1.09 bits per heavy atom. The number of hydrogen-bond acceptors (Lipinski definition) is 5. The molecule has 0 atom stereocenters. The maximum absolute atomic E-state index is 12.4. The molecule has 0 saturated carbocycles. The summed E-state index contributed by atoms with van der Waals surface area (Å²) in [6.45, 7) is 5.90. The van der Waals surface area contributed by atoms with Crippen LogP contribution in [0.25, 0.3) is 33.4 Å². The Balaban J connectivity index is 1.69. The van der Waals surface area contributed by atoms with Crippen LogP contribution in [0.2, 0.25) is 0 Å². The lowest BCUT2D eigenvalue weighted by atomic mass is 9.96. The summed E-state index contributed by atoms with van der Waals surface area (Å²) in [6, 6.07) is 13.5. The van der Waals surface area contributed by atoms with Crippen molar-refractivity contribution in [1.29, 1.82) is 0 Å². The molecule has 4 aromatic rings. The summed E-state index contributed by atoms with van der Waals surface area (Å²) in [5.41, 5.74) is 13.5. The summed E-state index contributed by atoms with van der Waals surface area (Å²) >= 11 is 0. The lowest BCUT2D eigenvalue weighted by molar-refractivity contribution is -0.112. The number of nitrogens with one attached hydrogen (secondary N) is 1. The molecule has 0 saturated heterocycles. The highest BCUT2D eigenvalue weighted by Crippen LogP contribution is 2.42. The summed E-state index contributed by atoms with van der Waals surface area (Å²) in [6.07, 6.45) is 1.46. The van der Waals surface area contributed by atoms with Crippen LogP contribution in [0.4, 0.5) is 11.5 Å². The monoisotopic (exact) mass is 452 g/mol. The highest BCUT2D eigenvalue weighted by Gasteiger charge is 2.27. The lowest BCUT2D eigenvalue weighted by Gasteiger charge is -2.11. The minimum Gasteiger partial charge on any atom is -0.383 e. The number of nitrogen functional groups attached to an aromatic ring is 1. The Morgan fingerprint density at radius 2 is 1.79 bits per heavy atom. The van der Waals surface area contributed by atoms with Crippen molar-refractivity contribution in [2.45, 2.75) is 13.5 Å². The van der Waals surface area contributed by atoms with E-state index in [1.165, 1.54) is 6.33 Å². The molecular formula is C26H24N6O2. The molecule has 8 nitrogen and oxygen atoms in total. The van der Waals surface area contributed by atoms with E-state index in [9.17, 15) is 9.59 Å². The van der Waals surface area contributed by atoms with Crippen LogP contribution in [0, 0.1) is 0 Å². The molecule has 2 aromatic heterocycles. The largest absolute Gasteiger partial charge is 0.383 e. The van der Waals surface area contributed by atoms with Crippen LogP contribution < -0.4 is 11.1 Å². The second-order valence-electron chi connectivity index (χ2n) is 8.59. The van der Waals surface area contributed by atoms with E-state index in [-0.39, 0.29) is 11.8 Å². The van der Waals surface area contributed by atoms with Crippen LogP contribution in [-0.4, -0.2) is 38.3 Å². The van der Waals surface area contributed by atoms with Gasteiger partial charge >= 0.3 is 0 Å². The van der Waals surface area contributed by atoms with Gasteiger partial charge in [-0.3, -0.25) is 9.59 Å². The molecule has 0 radical (unpaired) electrons. The van der Waals surface area contributed by atoms with Crippen molar-refractivity contribution in [3.05, 3.63) is 72.1 Å². The fourth-order valence-corrected chi connectivity index (χ4v) is 4.47. The average molecular weight is 453 g/mol. The fraction of sp³-hybridized carbons (Fsp3) is 0.154. The third kappa shape index (κ3) is 3.31. The number of nitrogens with two attached hydrogens (primary N) is 1. The van der Waals surface area contributed by atoms with Gasteiger partial charge in [0.05, 0.1) is 11.1 Å². The Bertz CT molecular complexity index is 1500. The zero-order valence-electron chi connectivity index (χ0n) is 19.2. The average Bonchev–Trinajstić information content (AvgIpc) is 3.28. The summed E-state index contributed by atoms with van der Waals surface area (Å²) < 4.78 is 1.99. The van der Waals surface area contributed by atoms with Gasteiger partial charge in [-0.15, -0.1) is 0 Å². The molecule has 1 aliphatic heterocycles. The summed E-state index contributed by atoms with van der Waals surface area (Å²) in [4.78, 5) is 34.8. The summed E-state index contributed by atoms with van der Waals surface area (Å²) in [5.74, 6) is 0.189. The molecule has 8 heteroatoms. The van der Waals surface area contributed by atoms with Gasteiger partial charge in [0, 0.05) is 43.0 Å². The normalized spacial score (nSPS) is 12.8. The van der Waals surface area contributed by atoms with Gasteiger partial charge in [0.15, 0.2) is 0 Å². The standard InChI is InChI=1S/C26H24N6O2/c1-14(2)25(33)30-18-8-5-15(6-9-18)22-20(21-23(27)28-13-29-24(21)32(22)4)16-7-10-19-17(11-16)12-31(3)26(19)34/h5-11,13H,1,12H2,2-4H3,(H,30,33)(H2,27,28,29). The molecule has 0 bridgehead atoms. The quantitative estimate of drug-likeness (QED) is 0.456. The van der Waals surface area contributed by atoms with E-state index in [1.54, 1.807) is 18.9 Å². The van der Waals surface area contributed by atoms with E-state index in [1.807, 2.05) is 54.1 Å².